The van der Waals surface area contributed by atoms with Crippen LogP contribution in [0.25, 0.3) is 5.69 Å². The van der Waals surface area contributed by atoms with E-state index in [0.29, 0.717) is 41.2 Å². The molecule has 9 nitrogen and oxygen atoms in total. The number of amides is 1. The van der Waals surface area contributed by atoms with Crippen molar-refractivity contribution in [1.82, 2.24) is 20.1 Å². The number of halogens is 1. The normalized spacial score (nSPS) is 11.6. The molecule has 0 aliphatic rings. The molecule has 4 aromatic rings. The van der Waals surface area contributed by atoms with Gasteiger partial charge in [-0.15, -0.1) is 0 Å². The molecule has 202 valence electrons. The summed E-state index contributed by atoms with van der Waals surface area (Å²) in [4.78, 5) is 29.2. The van der Waals surface area contributed by atoms with Crippen LogP contribution in [0.3, 0.4) is 0 Å². The van der Waals surface area contributed by atoms with Crippen molar-refractivity contribution in [3.63, 3.8) is 0 Å². The summed E-state index contributed by atoms with van der Waals surface area (Å²) in [5, 5.41) is 20.1. The molecule has 3 N–H and O–H groups in total. The molecule has 4 rings (SSSR count). The summed E-state index contributed by atoms with van der Waals surface area (Å²) in [6.07, 6.45) is 4.03. The van der Waals surface area contributed by atoms with E-state index in [9.17, 15) is 19.1 Å². The highest BCUT2D eigenvalue weighted by Gasteiger charge is 2.24. The zero-order chi connectivity index (χ0) is 27.9. The van der Waals surface area contributed by atoms with Gasteiger partial charge in [-0.3, -0.25) is 4.79 Å². The lowest BCUT2D eigenvalue weighted by atomic mass is 9.98. The number of benzene rings is 2. The summed E-state index contributed by atoms with van der Waals surface area (Å²) in [5.41, 5.74) is 3.65. The van der Waals surface area contributed by atoms with Crippen LogP contribution >= 0.6 is 0 Å². The van der Waals surface area contributed by atoms with Gasteiger partial charge in [-0.05, 0) is 66.4 Å². The van der Waals surface area contributed by atoms with Crippen molar-refractivity contribution in [2.45, 2.75) is 39.3 Å². The number of aryl methyl sites for hydroxylation is 2. The number of nitrogens with zero attached hydrogens (tertiary/aromatic N) is 3. The Bertz CT molecular complexity index is 1470. The summed E-state index contributed by atoms with van der Waals surface area (Å²) < 4.78 is 20.7. The van der Waals surface area contributed by atoms with Gasteiger partial charge < -0.3 is 20.5 Å². The molecular formula is C29H30FN5O4. The van der Waals surface area contributed by atoms with Gasteiger partial charge in [-0.25, -0.2) is 18.9 Å². The molecule has 2 aromatic heterocycles. The van der Waals surface area contributed by atoms with Crippen LogP contribution in [0.2, 0.25) is 0 Å². The quantitative estimate of drug-likeness (QED) is 0.264. The average Bonchev–Trinajstić information content (AvgIpc) is 3.40. The minimum atomic E-state index is -1.15. The first-order chi connectivity index (χ1) is 18.8. The van der Waals surface area contributed by atoms with Crippen molar-refractivity contribution >= 4 is 17.7 Å². The molecule has 1 amide bonds. The molecule has 0 aliphatic carbocycles. The average molecular weight is 532 g/mol. The van der Waals surface area contributed by atoms with Crippen LogP contribution in [-0.4, -0.2) is 44.9 Å². The molecule has 0 saturated heterocycles. The highest BCUT2D eigenvalue weighted by atomic mass is 19.1. The highest BCUT2D eigenvalue weighted by Crippen LogP contribution is 2.19. The Morgan fingerprint density at radius 2 is 1.90 bits per heavy atom. The second-order valence-electron chi connectivity index (χ2n) is 9.03. The van der Waals surface area contributed by atoms with Gasteiger partial charge in [0.15, 0.2) is 0 Å². The molecule has 2 aromatic carbocycles. The number of carbonyl (C=O) groups excluding carboxylic acids is 1. The van der Waals surface area contributed by atoms with E-state index in [1.54, 1.807) is 49.2 Å². The van der Waals surface area contributed by atoms with Gasteiger partial charge in [-0.2, -0.15) is 5.10 Å². The van der Waals surface area contributed by atoms with E-state index in [0.717, 1.165) is 16.9 Å². The molecule has 0 bridgehead atoms. The number of hydrogen-bond acceptors (Lipinski definition) is 6. The van der Waals surface area contributed by atoms with Crippen LogP contribution in [-0.2, 0) is 24.2 Å². The maximum atomic E-state index is 13.8. The van der Waals surface area contributed by atoms with Crippen molar-refractivity contribution in [2.75, 3.05) is 12.4 Å². The number of pyridine rings is 1. The van der Waals surface area contributed by atoms with Gasteiger partial charge in [0.1, 0.15) is 23.4 Å². The Labute approximate surface area is 225 Å². The fourth-order valence-corrected chi connectivity index (χ4v) is 4.28. The summed E-state index contributed by atoms with van der Waals surface area (Å²) in [5.74, 6) is -0.728. The largest absolute Gasteiger partial charge is 0.497 e. The minimum absolute atomic E-state index is 0.0882. The molecule has 39 heavy (non-hydrogen) atoms. The number of rotatable bonds is 11. The number of methoxy groups -OCH3 is 1. The highest BCUT2D eigenvalue weighted by molar-refractivity contribution is 5.99. The molecular weight excluding hydrogens is 501 g/mol. The van der Waals surface area contributed by atoms with Crippen molar-refractivity contribution in [2.24, 2.45) is 0 Å². The maximum absolute atomic E-state index is 13.8. The maximum Gasteiger partial charge on any atom is 0.326 e. The number of carboxylic acids is 1. The van der Waals surface area contributed by atoms with E-state index in [1.807, 2.05) is 31.3 Å². The predicted molar refractivity (Wildman–Crippen MR) is 145 cm³/mol. The van der Waals surface area contributed by atoms with E-state index < -0.39 is 23.7 Å². The van der Waals surface area contributed by atoms with Gasteiger partial charge in [0, 0.05) is 30.4 Å². The smallest absolute Gasteiger partial charge is 0.326 e. The van der Waals surface area contributed by atoms with Crippen molar-refractivity contribution in [3.05, 3.63) is 101 Å². The van der Waals surface area contributed by atoms with Crippen LogP contribution in [0.1, 0.15) is 39.7 Å². The van der Waals surface area contributed by atoms with Crippen LogP contribution in [0, 0.1) is 12.7 Å². The van der Waals surface area contributed by atoms with Gasteiger partial charge in [0.25, 0.3) is 5.91 Å². The van der Waals surface area contributed by atoms with Crippen molar-refractivity contribution in [3.8, 4) is 11.4 Å². The predicted octanol–water partition coefficient (Wildman–Crippen LogP) is 4.32. The topological polar surface area (TPSA) is 118 Å². The van der Waals surface area contributed by atoms with Crippen molar-refractivity contribution in [1.29, 1.82) is 0 Å². The zero-order valence-corrected chi connectivity index (χ0v) is 21.9. The second-order valence-corrected chi connectivity index (χ2v) is 9.03. The number of aromatic nitrogens is 3. The van der Waals surface area contributed by atoms with Crippen LogP contribution in [0.4, 0.5) is 10.2 Å². The Morgan fingerprint density at radius 3 is 2.59 bits per heavy atom. The number of ether oxygens (including phenoxy) is 1. The number of anilines is 1. The second kappa shape index (κ2) is 12.2. The SMILES string of the molecule is CCc1cc(F)cc(C)c1C(=O)NC(Cc1ccc(-n2ccc(CNc3cc(OC)ccn3)n2)cc1)C(=O)O. The summed E-state index contributed by atoms with van der Waals surface area (Å²) in [7, 11) is 1.60. The number of aliphatic carboxylic acids is 1. The Morgan fingerprint density at radius 1 is 1.13 bits per heavy atom. The summed E-state index contributed by atoms with van der Waals surface area (Å²) >= 11 is 0. The number of carbonyl (C=O) groups is 2. The first kappa shape index (κ1) is 27.3. The van der Waals surface area contributed by atoms with E-state index in [1.165, 1.54) is 12.1 Å². The Hall–Kier alpha value is -4.73. The number of carboxylic acid groups (broad SMARTS) is 1. The van der Waals surface area contributed by atoms with Crippen LogP contribution in [0.5, 0.6) is 5.75 Å². The molecule has 10 heteroatoms. The van der Waals surface area contributed by atoms with E-state index in [2.05, 4.69) is 20.7 Å². The fourth-order valence-electron chi connectivity index (χ4n) is 4.28. The zero-order valence-electron chi connectivity index (χ0n) is 21.9. The molecule has 0 fully saturated rings. The van der Waals surface area contributed by atoms with E-state index >= 15 is 0 Å². The molecule has 0 radical (unpaired) electrons. The lowest BCUT2D eigenvalue weighted by molar-refractivity contribution is -0.139. The Balaban J connectivity index is 1.40. The van der Waals surface area contributed by atoms with Crippen LogP contribution < -0.4 is 15.4 Å². The minimum Gasteiger partial charge on any atom is -0.497 e. The fraction of sp³-hybridized carbons (Fsp3) is 0.241. The third-order valence-corrected chi connectivity index (χ3v) is 6.30. The van der Waals surface area contributed by atoms with Crippen molar-refractivity contribution < 1.29 is 23.8 Å². The molecule has 0 saturated carbocycles. The third kappa shape index (κ3) is 6.78. The summed E-state index contributed by atoms with van der Waals surface area (Å²) in [6.45, 7) is 3.93. The van der Waals surface area contributed by atoms with Gasteiger partial charge in [0.05, 0.1) is 25.0 Å². The van der Waals surface area contributed by atoms with E-state index in [4.69, 9.17) is 4.74 Å². The molecule has 1 unspecified atom stereocenters. The molecule has 2 heterocycles. The van der Waals surface area contributed by atoms with Gasteiger partial charge >= 0.3 is 5.97 Å². The Kier molecular flexibility index (Phi) is 8.55. The standard InChI is InChI=1S/C29H30FN5O4/c1-4-20-15-21(30)13-18(2)27(20)28(36)33-25(29(37)38)14-19-5-7-23(8-6-19)35-12-10-22(34-35)17-32-26-16-24(39-3)9-11-31-26/h5-13,15-16,25H,4,14,17H2,1-3H3,(H,31,32)(H,33,36)(H,37,38). The van der Waals surface area contributed by atoms with Gasteiger partial charge in [-0.1, -0.05) is 19.1 Å². The lowest BCUT2D eigenvalue weighted by Crippen LogP contribution is -2.42. The lowest BCUT2D eigenvalue weighted by Gasteiger charge is -2.18. The summed E-state index contributed by atoms with van der Waals surface area (Å²) in [6, 6.07) is 14.2. The first-order valence-corrected chi connectivity index (χ1v) is 12.5. The molecule has 0 aliphatic heterocycles. The number of hydrogen-bond donors (Lipinski definition) is 3. The monoisotopic (exact) mass is 531 g/mol. The number of nitrogens with one attached hydrogen (secondary N) is 2. The molecule has 1 atom stereocenters. The van der Waals surface area contributed by atoms with Gasteiger partial charge in [0.2, 0.25) is 0 Å². The van der Waals surface area contributed by atoms with Crippen LogP contribution in [0.15, 0.2) is 67.0 Å². The third-order valence-electron chi connectivity index (χ3n) is 6.30. The van der Waals surface area contributed by atoms with E-state index in [-0.39, 0.29) is 6.42 Å². The molecule has 0 spiro atoms. The first-order valence-electron chi connectivity index (χ1n) is 12.5.